The van der Waals surface area contributed by atoms with Crippen molar-refractivity contribution in [3.05, 3.63) is 46.1 Å². The number of nitrogen functional groups attached to an aromatic ring is 1. The monoisotopic (exact) mass is 311 g/mol. The number of esters is 1. The van der Waals surface area contributed by atoms with Crippen molar-refractivity contribution < 1.29 is 9.53 Å². The largest absolute Gasteiger partial charge is 0.465 e. The van der Waals surface area contributed by atoms with Crippen LogP contribution in [-0.4, -0.2) is 18.1 Å². The van der Waals surface area contributed by atoms with Gasteiger partial charge in [0.15, 0.2) is 5.82 Å². The molecule has 0 saturated heterocycles. The number of ether oxygens (including phenoxy) is 1. The number of hydrogen-bond donors (Lipinski definition) is 2. The number of halogens is 2. The zero-order valence-electron chi connectivity index (χ0n) is 10.5. The number of aromatic nitrogens is 1. The van der Waals surface area contributed by atoms with Crippen LogP contribution in [0, 0.1) is 0 Å². The minimum absolute atomic E-state index is 0.176. The van der Waals surface area contributed by atoms with E-state index in [1.54, 1.807) is 18.2 Å². The molecule has 20 heavy (non-hydrogen) atoms. The lowest BCUT2D eigenvalue weighted by Gasteiger charge is -2.12. The SMILES string of the molecule is COC(=O)c1ccnc(Nc2cccc(Cl)c2Cl)c1N. The number of methoxy groups -OCH3 is 1. The molecule has 0 bridgehead atoms. The smallest absolute Gasteiger partial charge is 0.340 e. The number of nitrogens with two attached hydrogens (primary N) is 1. The Labute approximate surface area is 125 Å². The molecule has 0 radical (unpaired) electrons. The van der Waals surface area contributed by atoms with E-state index in [9.17, 15) is 4.79 Å². The standard InChI is InChI=1S/C13H11Cl2N3O2/c1-20-13(19)7-5-6-17-12(11(7)16)18-9-4-2-3-8(14)10(9)15/h2-6H,16H2,1H3,(H,17,18). The van der Waals surface area contributed by atoms with Gasteiger partial charge in [-0.05, 0) is 18.2 Å². The van der Waals surface area contributed by atoms with E-state index >= 15 is 0 Å². The second kappa shape index (κ2) is 5.98. The molecular weight excluding hydrogens is 301 g/mol. The van der Waals surface area contributed by atoms with Gasteiger partial charge in [0, 0.05) is 6.20 Å². The number of pyridine rings is 1. The number of benzene rings is 1. The molecule has 0 amide bonds. The lowest BCUT2D eigenvalue weighted by atomic mass is 10.2. The predicted molar refractivity (Wildman–Crippen MR) is 79.7 cm³/mol. The lowest BCUT2D eigenvalue weighted by Crippen LogP contribution is -2.09. The van der Waals surface area contributed by atoms with E-state index in [4.69, 9.17) is 28.9 Å². The highest BCUT2D eigenvalue weighted by Gasteiger charge is 2.15. The van der Waals surface area contributed by atoms with E-state index in [0.29, 0.717) is 21.6 Å². The van der Waals surface area contributed by atoms with Gasteiger partial charge >= 0.3 is 5.97 Å². The first kappa shape index (κ1) is 14.4. The van der Waals surface area contributed by atoms with Crippen LogP contribution in [0.25, 0.3) is 0 Å². The number of carbonyl (C=O) groups excluding carboxylic acids is 1. The highest BCUT2D eigenvalue weighted by Crippen LogP contribution is 2.33. The summed E-state index contributed by atoms with van der Waals surface area (Å²) >= 11 is 12.0. The van der Waals surface area contributed by atoms with Gasteiger partial charge in [-0.3, -0.25) is 0 Å². The molecule has 1 aromatic heterocycles. The van der Waals surface area contributed by atoms with Crippen molar-refractivity contribution in [1.82, 2.24) is 4.98 Å². The molecule has 2 aromatic rings. The highest BCUT2D eigenvalue weighted by atomic mass is 35.5. The fourth-order valence-corrected chi connectivity index (χ4v) is 1.94. The summed E-state index contributed by atoms with van der Waals surface area (Å²) in [5, 5.41) is 3.69. The second-order valence-corrected chi connectivity index (χ2v) is 4.62. The zero-order chi connectivity index (χ0) is 14.7. The number of carbonyl (C=O) groups is 1. The summed E-state index contributed by atoms with van der Waals surface area (Å²) < 4.78 is 4.64. The lowest BCUT2D eigenvalue weighted by molar-refractivity contribution is 0.0602. The van der Waals surface area contributed by atoms with Crippen molar-refractivity contribution in [1.29, 1.82) is 0 Å². The molecule has 0 spiro atoms. The number of nitrogens with zero attached hydrogens (tertiary/aromatic N) is 1. The molecule has 0 unspecified atom stereocenters. The average molecular weight is 312 g/mol. The Hall–Kier alpha value is -1.98. The number of anilines is 3. The van der Waals surface area contributed by atoms with Gasteiger partial charge in [0.05, 0.1) is 34.1 Å². The van der Waals surface area contributed by atoms with Crippen LogP contribution in [0.3, 0.4) is 0 Å². The van der Waals surface area contributed by atoms with Gasteiger partial charge in [0.2, 0.25) is 0 Å². The summed E-state index contributed by atoms with van der Waals surface area (Å²) in [6, 6.07) is 6.60. The zero-order valence-corrected chi connectivity index (χ0v) is 12.0. The molecule has 104 valence electrons. The molecule has 0 fully saturated rings. The van der Waals surface area contributed by atoms with E-state index in [1.165, 1.54) is 19.4 Å². The Morgan fingerprint density at radius 2 is 2.10 bits per heavy atom. The fourth-order valence-electron chi connectivity index (χ4n) is 1.59. The Bertz CT molecular complexity index is 662. The fraction of sp³-hybridized carbons (Fsp3) is 0.0769. The van der Waals surface area contributed by atoms with Crippen LogP contribution < -0.4 is 11.1 Å². The normalized spacial score (nSPS) is 10.2. The third kappa shape index (κ3) is 2.79. The molecule has 5 nitrogen and oxygen atoms in total. The molecule has 1 heterocycles. The minimum Gasteiger partial charge on any atom is -0.465 e. The molecule has 0 saturated carbocycles. The molecule has 0 aliphatic rings. The van der Waals surface area contributed by atoms with Crippen LogP contribution in [-0.2, 0) is 4.74 Å². The van der Waals surface area contributed by atoms with Crippen LogP contribution in [0.15, 0.2) is 30.5 Å². The van der Waals surface area contributed by atoms with Gasteiger partial charge in [-0.2, -0.15) is 0 Å². The summed E-state index contributed by atoms with van der Waals surface area (Å²) in [4.78, 5) is 15.6. The quantitative estimate of drug-likeness (QED) is 0.848. The topological polar surface area (TPSA) is 77.2 Å². The van der Waals surface area contributed by atoms with E-state index in [2.05, 4.69) is 15.0 Å². The number of nitrogens with one attached hydrogen (secondary N) is 1. The van der Waals surface area contributed by atoms with Crippen LogP contribution in [0.5, 0.6) is 0 Å². The van der Waals surface area contributed by atoms with Gasteiger partial charge < -0.3 is 15.8 Å². The Morgan fingerprint density at radius 3 is 2.80 bits per heavy atom. The van der Waals surface area contributed by atoms with Gasteiger partial charge in [-0.1, -0.05) is 29.3 Å². The first-order chi connectivity index (χ1) is 9.54. The van der Waals surface area contributed by atoms with E-state index < -0.39 is 5.97 Å². The molecule has 1 aromatic carbocycles. The van der Waals surface area contributed by atoms with Crippen molar-refractivity contribution in [2.75, 3.05) is 18.2 Å². The molecule has 0 aliphatic carbocycles. The molecule has 0 atom stereocenters. The van der Waals surface area contributed by atoms with Crippen LogP contribution in [0.4, 0.5) is 17.2 Å². The summed E-state index contributed by atoms with van der Waals surface area (Å²) in [7, 11) is 1.28. The minimum atomic E-state index is -0.537. The summed E-state index contributed by atoms with van der Waals surface area (Å²) in [5.41, 5.74) is 6.84. The third-order valence-corrected chi connectivity index (χ3v) is 3.42. The summed E-state index contributed by atoms with van der Waals surface area (Å²) in [6.07, 6.45) is 1.45. The maximum absolute atomic E-state index is 11.6. The van der Waals surface area contributed by atoms with E-state index in [0.717, 1.165) is 0 Å². The van der Waals surface area contributed by atoms with Gasteiger partial charge in [0.25, 0.3) is 0 Å². The molecule has 2 rings (SSSR count). The van der Waals surface area contributed by atoms with Crippen molar-refractivity contribution in [3.8, 4) is 0 Å². The maximum atomic E-state index is 11.6. The Balaban J connectivity index is 2.39. The molecular formula is C13H11Cl2N3O2. The maximum Gasteiger partial charge on any atom is 0.340 e. The predicted octanol–water partition coefficient (Wildman–Crippen LogP) is 3.50. The van der Waals surface area contributed by atoms with Crippen molar-refractivity contribution >= 4 is 46.4 Å². The van der Waals surface area contributed by atoms with Crippen molar-refractivity contribution in [2.45, 2.75) is 0 Å². The van der Waals surface area contributed by atoms with Crippen molar-refractivity contribution in [3.63, 3.8) is 0 Å². The second-order valence-electron chi connectivity index (χ2n) is 3.84. The van der Waals surface area contributed by atoms with Gasteiger partial charge in [-0.25, -0.2) is 9.78 Å². The molecule has 7 heteroatoms. The summed E-state index contributed by atoms with van der Waals surface area (Å²) in [6.45, 7) is 0. The van der Waals surface area contributed by atoms with Crippen LogP contribution >= 0.6 is 23.2 Å². The third-order valence-electron chi connectivity index (χ3n) is 2.60. The Morgan fingerprint density at radius 1 is 1.35 bits per heavy atom. The average Bonchev–Trinajstić information content (AvgIpc) is 2.45. The highest BCUT2D eigenvalue weighted by molar-refractivity contribution is 6.43. The molecule has 0 aliphatic heterocycles. The Kier molecular flexibility index (Phi) is 4.32. The first-order valence-electron chi connectivity index (χ1n) is 5.58. The number of rotatable bonds is 3. The van der Waals surface area contributed by atoms with Crippen molar-refractivity contribution in [2.24, 2.45) is 0 Å². The number of hydrogen-bond acceptors (Lipinski definition) is 5. The van der Waals surface area contributed by atoms with Crippen LogP contribution in [0.2, 0.25) is 10.0 Å². The van der Waals surface area contributed by atoms with Gasteiger partial charge in [-0.15, -0.1) is 0 Å². The van der Waals surface area contributed by atoms with E-state index in [-0.39, 0.29) is 11.3 Å². The van der Waals surface area contributed by atoms with Crippen LogP contribution in [0.1, 0.15) is 10.4 Å². The van der Waals surface area contributed by atoms with E-state index in [1.807, 2.05) is 0 Å². The van der Waals surface area contributed by atoms with Gasteiger partial charge in [0.1, 0.15) is 0 Å². The first-order valence-corrected chi connectivity index (χ1v) is 6.34. The summed E-state index contributed by atoms with van der Waals surface area (Å²) in [5.74, 6) is -0.234. The molecule has 3 N–H and O–H groups in total.